The lowest BCUT2D eigenvalue weighted by Gasteiger charge is -2.23. The molecule has 0 bridgehead atoms. The van der Waals surface area contributed by atoms with Gasteiger partial charge in [0.2, 0.25) is 40.1 Å². The Morgan fingerprint density at radius 2 is 0.660 bits per heavy atom. The van der Waals surface area contributed by atoms with Crippen molar-refractivity contribution in [3.05, 3.63) is 373 Å². The van der Waals surface area contributed by atoms with E-state index < -0.39 is 116 Å². The fraction of sp³-hybridized carbons (Fsp3) is 0.339. The Labute approximate surface area is 867 Å². The van der Waals surface area contributed by atoms with E-state index in [2.05, 4.69) is 4.72 Å². The van der Waals surface area contributed by atoms with E-state index in [1.54, 1.807) is 132 Å². The molecule has 27 nitrogen and oxygen atoms in total. The van der Waals surface area contributed by atoms with E-state index in [9.17, 15) is 97.4 Å². The molecule has 0 fully saturated rings. The maximum atomic E-state index is 13.6. The lowest BCUT2D eigenvalue weighted by Crippen LogP contribution is -2.27. The molecule has 1 aliphatic rings. The number of ketones is 3. The number of rotatable bonds is 29. The first-order chi connectivity index (χ1) is 66.8. The molecule has 5 heterocycles. The lowest BCUT2D eigenvalue weighted by atomic mass is 9.88. The third-order valence-electron chi connectivity index (χ3n) is 23.9. The van der Waals surface area contributed by atoms with E-state index >= 15 is 0 Å². The van der Waals surface area contributed by atoms with Crippen LogP contribution < -0.4 is 37.2 Å². The molecular formula is C109H131F4N9O18S7. The number of hydrogen-bond donors (Lipinski definition) is 3. The molecule has 0 unspecified atom stereocenters. The van der Waals surface area contributed by atoms with Gasteiger partial charge in [-0.05, 0) is 282 Å². The molecule has 1 aliphatic heterocycles. The van der Waals surface area contributed by atoms with E-state index in [0.29, 0.717) is 89.5 Å². The second-order valence-electron chi connectivity index (χ2n) is 38.7. The largest absolute Gasteiger partial charge is 0.318 e. The van der Waals surface area contributed by atoms with Crippen molar-refractivity contribution in [2.24, 2.45) is 43.5 Å². The number of pyridine rings is 4. The average Bonchev–Trinajstić information content (AvgIpc) is 1.70. The van der Waals surface area contributed by atoms with E-state index in [0.717, 1.165) is 32.1 Å². The highest BCUT2D eigenvalue weighted by Crippen LogP contribution is 2.42. The zero-order chi connectivity index (χ0) is 107. The van der Waals surface area contributed by atoms with Crippen molar-refractivity contribution in [1.29, 1.82) is 0 Å². The van der Waals surface area contributed by atoms with Crippen LogP contribution in [-0.2, 0) is 124 Å². The Morgan fingerprint density at radius 3 is 0.952 bits per heavy atom. The predicted octanol–water partition coefficient (Wildman–Crippen LogP) is 17.2. The number of nitrogens with two attached hydrogens (primary N) is 2. The van der Waals surface area contributed by atoms with Crippen LogP contribution in [0, 0.1) is 23.3 Å². The molecule has 8 aromatic carbocycles. The molecule has 0 aliphatic carbocycles. The Kier molecular flexibility index (Phi) is 41.0. The minimum atomic E-state index is -3.86. The molecule has 4 aromatic heterocycles. The van der Waals surface area contributed by atoms with Crippen molar-refractivity contribution in [3.8, 4) is 44.5 Å². The van der Waals surface area contributed by atoms with Gasteiger partial charge in [0.25, 0.3) is 22.2 Å². The van der Waals surface area contributed by atoms with Gasteiger partial charge < -0.3 is 18.3 Å². The number of nitrogens with one attached hydrogen (secondary N) is 1. The SMILES string of the molecule is C.C.C.CNS(=O)(=O)Cc1ccc(C(=O)c2ccc(F)cc2)c(-c2cn(C)c(=O)cc2[C@H](C)C[S@@](=O)C(C)(C)C)c1.C[C@@H]1N=C(c2ccc(F)cc2)c2ccc(CS(N)(=O)=O)cc2-c2cn(C)c(=O)cc21.C[C@H](C[S@@](=O)C(C)(C)C)c1cc(=O)n(C)cc1-c1cc(CS(=O)(=O)N(C)C)ccc1C(=O)c1ccc(F)cc1.C[C@H](C[S@@](=O)C(C)(C)C)c1cc(=O)n(C)cc1-c1cc(CS(N)(=O)=O)ccc1C(=O)c1ccc(F)cc1. The lowest BCUT2D eigenvalue weighted by molar-refractivity contribution is 0.103. The Hall–Kier alpha value is -12.0. The zero-order valence-electron chi connectivity index (χ0n) is 83.6. The van der Waals surface area contributed by atoms with Gasteiger partial charge in [-0.25, -0.2) is 70.5 Å². The monoisotopic (exact) mass is 2150 g/mol. The van der Waals surface area contributed by atoms with Crippen molar-refractivity contribution >= 4 is 95.6 Å². The van der Waals surface area contributed by atoms with Gasteiger partial charge in [-0.15, -0.1) is 0 Å². The summed E-state index contributed by atoms with van der Waals surface area (Å²) in [6.45, 7) is 24.4. The molecule has 0 spiro atoms. The Bertz CT molecular complexity index is 7810. The highest BCUT2D eigenvalue weighted by atomic mass is 32.2. The van der Waals surface area contributed by atoms with Gasteiger partial charge in [-0.1, -0.05) is 91.6 Å². The van der Waals surface area contributed by atoms with Gasteiger partial charge >= 0.3 is 0 Å². The first-order valence-electron chi connectivity index (χ1n) is 45.4. The second-order valence-corrected chi connectivity index (χ2v) is 52.8. The maximum Gasteiger partial charge on any atom is 0.250 e. The van der Waals surface area contributed by atoms with Crippen LogP contribution in [0.4, 0.5) is 17.6 Å². The predicted molar refractivity (Wildman–Crippen MR) is 584 cm³/mol. The number of benzene rings is 8. The number of halogens is 4. The van der Waals surface area contributed by atoms with Gasteiger partial charge in [0.1, 0.15) is 23.3 Å². The van der Waals surface area contributed by atoms with Crippen LogP contribution in [0.1, 0.15) is 239 Å². The molecular weight excluding hydrogens is 2020 g/mol. The standard InChI is InChI=1S/C29H35FN2O5S2.C28H33FN2O5S2.C27H31FN2O5S2.C22H20FN3O3S.3CH4/c1-19(17-38(35)29(2,3)4)24-15-27(33)32(7)16-26(24)25-14-20(18-39(36,37)31(5)6)8-13-23(25)28(34)21-9-11-22(30)12-10-21;1-18(16-37(34)28(2,3)4)23-14-26(32)31(6)15-25(23)24-13-19(17-38(35,36)30-5)7-12-22(24)27(33)20-8-10-21(29)11-9-20;1-17(15-36(33)27(2,3)4)22-13-25(31)30(5)14-24(22)23-12-18(16-37(29,34)35)6-11-21(23)26(32)19-7-9-20(28)10-8-19;1-13-18-10-21(27)26(2)11-20(18)19-9-14(12-30(24,28)29)3-8-17(19)22(25-13)15-4-6-16(23)7-5-15;;;/h8-16,19H,17-18H2,1-7H3;7-15,18,30H,16-17H2,1-6H3;6-14,17H,15-16H2,1-5H3,(H2,29,34,35);3-11,13H,12H2,1-2H3,(H2,24,28,29);3*1H4/t19-,38-;18-,37-;17-,36-;13-;;;/m1110.../s1. The summed E-state index contributed by atoms with van der Waals surface area (Å²) in [5, 5.41) is 10.5. The van der Waals surface area contributed by atoms with E-state index in [-0.39, 0.29) is 142 Å². The van der Waals surface area contributed by atoms with Gasteiger partial charge in [-0.3, -0.25) is 51.2 Å². The van der Waals surface area contributed by atoms with Crippen molar-refractivity contribution in [2.45, 2.75) is 173 Å². The summed E-state index contributed by atoms with van der Waals surface area (Å²) in [6, 6.07) is 46.5. The summed E-state index contributed by atoms with van der Waals surface area (Å²) in [7, 11) is -7.78. The molecule has 38 heteroatoms. The fourth-order valence-electron chi connectivity index (χ4n) is 15.7. The van der Waals surface area contributed by atoms with Crippen molar-refractivity contribution < 1.29 is 78.2 Å². The van der Waals surface area contributed by atoms with Crippen LogP contribution in [0.25, 0.3) is 44.5 Å². The molecule has 12 aromatic rings. The molecule has 790 valence electrons. The van der Waals surface area contributed by atoms with Gasteiger partial charge in [0, 0.05) is 222 Å². The number of nitrogens with zero attached hydrogens (tertiary/aromatic N) is 6. The van der Waals surface area contributed by atoms with Crippen LogP contribution >= 0.6 is 0 Å². The van der Waals surface area contributed by atoms with Gasteiger partial charge in [0.05, 0.1) is 34.8 Å². The molecule has 0 radical (unpaired) electrons. The number of hydrogen-bond acceptors (Lipinski definition) is 19. The normalized spacial score (nSPS) is 13.9. The molecule has 0 saturated heterocycles. The number of aryl methyl sites for hydroxylation is 4. The minimum absolute atomic E-state index is 0. The number of sulfonamides is 4. The van der Waals surface area contributed by atoms with Crippen LogP contribution in [0.5, 0.6) is 0 Å². The summed E-state index contributed by atoms with van der Waals surface area (Å²) >= 11 is 0. The molecule has 13 rings (SSSR count). The fourth-order valence-corrected chi connectivity index (χ4v) is 22.0. The molecule has 7 atom stereocenters. The third kappa shape index (κ3) is 31.8. The zero-order valence-corrected chi connectivity index (χ0v) is 89.3. The van der Waals surface area contributed by atoms with E-state index in [1.807, 2.05) is 90.0 Å². The van der Waals surface area contributed by atoms with Crippen LogP contribution in [0.2, 0.25) is 0 Å². The number of carbonyl (C=O) groups is 3. The maximum absolute atomic E-state index is 13.6. The third-order valence-corrected chi connectivity index (χ3v) is 35.0. The number of fused-ring (bicyclic) bond motifs is 3. The second kappa shape index (κ2) is 49.5. The number of primary sulfonamides is 2. The number of carbonyl (C=O) groups excluding carboxylic acids is 3. The summed E-state index contributed by atoms with van der Waals surface area (Å²) in [6.07, 6.45) is 6.55. The van der Waals surface area contributed by atoms with Crippen LogP contribution in [0.3, 0.4) is 0 Å². The summed E-state index contributed by atoms with van der Waals surface area (Å²) in [4.78, 5) is 95.8. The quantitative estimate of drug-likeness (QED) is 0.0289. The van der Waals surface area contributed by atoms with Gasteiger partial charge in [-0.2, -0.15) is 0 Å². The minimum Gasteiger partial charge on any atom is -0.318 e. The molecule has 0 saturated carbocycles. The summed E-state index contributed by atoms with van der Waals surface area (Å²) in [5.74, 6) is -4.38. The summed E-state index contributed by atoms with van der Waals surface area (Å²) < 4.78 is 197. The van der Waals surface area contributed by atoms with Crippen molar-refractivity contribution in [3.63, 3.8) is 0 Å². The van der Waals surface area contributed by atoms with E-state index in [4.69, 9.17) is 15.3 Å². The van der Waals surface area contributed by atoms with E-state index in [1.165, 1.54) is 155 Å². The highest BCUT2D eigenvalue weighted by molar-refractivity contribution is 7.89. The van der Waals surface area contributed by atoms with Crippen LogP contribution in [0.15, 0.2) is 243 Å². The molecule has 0 amide bonds. The Balaban J connectivity index is 0.000000265. The number of aromatic nitrogens is 4. The first kappa shape index (κ1) is 122. The molecule has 147 heavy (non-hydrogen) atoms. The highest BCUT2D eigenvalue weighted by Gasteiger charge is 2.33. The summed E-state index contributed by atoms with van der Waals surface area (Å²) in [5.41, 5.74) is 11.5. The topological polar surface area (TPSA) is 407 Å². The van der Waals surface area contributed by atoms with Crippen LogP contribution in [-0.4, -0.2) is 145 Å². The Morgan fingerprint density at radius 1 is 0.388 bits per heavy atom. The average molecular weight is 2160 g/mol. The first-order valence-corrected chi connectivity index (χ1v) is 56.1. The molecule has 5 N–H and O–H groups in total. The van der Waals surface area contributed by atoms with Crippen molar-refractivity contribution in [1.82, 2.24) is 27.3 Å². The smallest absolute Gasteiger partial charge is 0.250 e. The van der Waals surface area contributed by atoms with Crippen molar-refractivity contribution in [2.75, 3.05) is 38.4 Å². The van der Waals surface area contributed by atoms with Gasteiger partial charge in [0.15, 0.2) is 17.3 Å². The number of aliphatic imine (C=N–C) groups is 1.